The number of sulfonamides is 1. The van der Waals surface area contributed by atoms with E-state index in [2.05, 4.69) is 43.9 Å². The number of rotatable bonds is 3. The quantitative estimate of drug-likeness (QED) is 0.366. The van der Waals surface area contributed by atoms with Crippen molar-refractivity contribution < 1.29 is 13.2 Å². The van der Waals surface area contributed by atoms with Crippen molar-refractivity contribution in [3.63, 3.8) is 0 Å². The predicted molar refractivity (Wildman–Crippen MR) is 152 cm³/mol. The first kappa shape index (κ1) is 25.5. The number of nitrogens with zero attached hydrogens (tertiary/aromatic N) is 3. The van der Waals surface area contributed by atoms with E-state index in [-0.39, 0.29) is 22.7 Å². The van der Waals surface area contributed by atoms with Gasteiger partial charge in [0, 0.05) is 30.6 Å². The average molecular weight is 541 g/mol. The summed E-state index contributed by atoms with van der Waals surface area (Å²) in [6.45, 7) is 7.15. The van der Waals surface area contributed by atoms with Gasteiger partial charge in [0.2, 0.25) is 11.8 Å². The highest BCUT2D eigenvalue weighted by molar-refractivity contribution is 7.92. The van der Waals surface area contributed by atoms with Crippen LogP contribution in [-0.2, 0) is 16.6 Å². The normalized spacial score (nSPS) is 20.5. The molecule has 8 heteroatoms. The SMILES string of the molecule is Cc1cccc(C)c1-c1cc2nc(n1)NS(=O)(=O)c1cccc(c1)C1CCN(Cc3ccccc3)C[C@@H]1CO2. The molecule has 7 nitrogen and oxygen atoms in total. The molecule has 4 bridgehead atoms. The summed E-state index contributed by atoms with van der Waals surface area (Å²) in [4.78, 5) is 11.8. The molecule has 4 aromatic rings. The fraction of sp³-hybridized carbons (Fsp3) is 0.290. The van der Waals surface area contributed by atoms with Crippen LogP contribution in [0.25, 0.3) is 11.3 Å². The largest absolute Gasteiger partial charge is 0.477 e. The maximum atomic E-state index is 13.4. The molecule has 6 rings (SSSR count). The van der Waals surface area contributed by atoms with Crippen molar-refractivity contribution in [3.05, 3.63) is 101 Å². The zero-order chi connectivity index (χ0) is 27.0. The van der Waals surface area contributed by atoms with Crippen LogP contribution in [-0.4, -0.2) is 43.0 Å². The maximum Gasteiger partial charge on any atom is 0.264 e. The summed E-state index contributed by atoms with van der Waals surface area (Å²) in [5, 5.41) is 0. The second-order valence-corrected chi connectivity index (χ2v) is 12.2. The van der Waals surface area contributed by atoms with Crippen LogP contribution in [0.15, 0.2) is 83.8 Å². The number of fused-ring (bicyclic) bond motifs is 6. The zero-order valence-corrected chi connectivity index (χ0v) is 23.0. The first-order valence-corrected chi connectivity index (χ1v) is 14.8. The minimum Gasteiger partial charge on any atom is -0.477 e. The maximum absolute atomic E-state index is 13.4. The Kier molecular flexibility index (Phi) is 6.83. The molecular weight excluding hydrogens is 508 g/mol. The highest BCUT2D eigenvalue weighted by Crippen LogP contribution is 2.36. The number of aryl methyl sites for hydroxylation is 2. The molecule has 2 aliphatic rings. The Hall–Kier alpha value is -3.75. The molecule has 0 aliphatic carbocycles. The van der Waals surface area contributed by atoms with Gasteiger partial charge in [0.1, 0.15) is 0 Å². The van der Waals surface area contributed by atoms with Crippen molar-refractivity contribution in [2.24, 2.45) is 5.92 Å². The molecule has 1 saturated heterocycles. The van der Waals surface area contributed by atoms with E-state index in [0.29, 0.717) is 18.2 Å². The van der Waals surface area contributed by atoms with Gasteiger partial charge in [-0.3, -0.25) is 4.90 Å². The van der Waals surface area contributed by atoms with Gasteiger partial charge in [-0.2, -0.15) is 4.98 Å². The Labute approximate surface area is 229 Å². The molecule has 0 saturated carbocycles. The van der Waals surface area contributed by atoms with Crippen molar-refractivity contribution in [3.8, 4) is 17.1 Å². The first-order chi connectivity index (χ1) is 18.9. The summed E-state index contributed by atoms with van der Waals surface area (Å²) in [5.41, 5.74) is 5.97. The standard InChI is InChI=1S/C31H32N4O3S/c1-21-8-6-9-22(2)30(21)28-17-29-33-31(32-28)34-39(36,37)26-13-7-12-24(16-26)27-14-15-35(19-25(27)20-38-29)18-23-10-4-3-5-11-23/h3-13,16-17,25,27H,14-15,18-20H2,1-2H3,(H,32,33,34)/t25-,27?/m1/s1. The number of anilines is 1. The second kappa shape index (κ2) is 10.4. The summed E-state index contributed by atoms with van der Waals surface area (Å²) in [6.07, 6.45) is 0.917. The average Bonchev–Trinajstić information content (AvgIpc) is 2.92. The van der Waals surface area contributed by atoms with E-state index in [1.807, 2.05) is 56.3 Å². The lowest BCUT2D eigenvalue weighted by Crippen LogP contribution is -2.41. The van der Waals surface area contributed by atoms with E-state index in [1.165, 1.54) is 5.56 Å². The number of hydrogen-bond donors (Lipinski definition) is 1. The Morgan fingerprint density at radius 3 is 2.51 bits per heavy atom. The van der Waals surface area contributed by atoms with E-state index < -0.39 is 10.0 Å². The third-order valence-corrected chi connectivity index (χ3v) is 9.10. The van der Waals surface area contributed by atoms with E-state index in [9.17, 15) is 8.42 Å². The molecule has 1 unspecified atom stereocenters. The minimum atomic E-state index is -3.90. The van der Waals surface area contributed by atoms with Gasteiger partial charge in [-0.1, -0.05) is 60.7 Å². The van der Waals surface area contributed by atoms with Crippen LogP contribution in [0.4, 0.5) is 5.95 Å². The number of ether oxygens (including phenoxy) is 1. The van der Waals surface area contributed by atoms with Gasteiger partial charge >= 0.3 is 0 Å². The molecule has 1 N–H and O–H groups in total. The third-order valence-electron chi connectivity index (χ3n) is 7.77. The first-order valence-electron chi connectivity index (χ1n) is 13.3. The Bertz CT molecular complexity index is 1590. The molecular formula is C31H32N4O3S. The van der Waals surface area contributed by atoms with Crippen LogP contribution in [0, 0.1) is 19.8 Å². The van der Waals surface area contributed by atoms with Crippen LogP contribution < -0.4 is 9.46 Å². The van der Waals surface area contributed by atoms with Gasteiger partial charge in [-0.15, -0.1) is 0 Å². The number of benzene rings is 3. The minimum absolute atomic E-state index is 0.00188. The van der Waals surface area contributed by atoms with E-state index in [0.717, 1.165) is 48.3 Å². The van der Waals surface area contributed by atoms with E-state index in [4.69, 9.17) is 4.74 Å². The van der Waals surface area contributed by atoms with Crippen LogP contribution in [0.1, 0.15) is 34.6 Å². The van der Waals surface area contributed by atoms with Crippen LogP contribution in [0.2, 0.25) is 0 Å². The fourth-order valence-corrected chi connectivity index (χ4v) is 6.87. The Morgan fingerprint density at radius 2 is 1.72 bits per heavy atom. The summed E-state index contributed by atoms with van der Waals surface area (Å²) < 4.78 is 35.8. The van der Waals surface area contributed by atoms with Gasteiger partial charge in [0.15, 0.2) is 0 Å². The second-order valence-electron chi connectivity index (χ2n) is 10.5. The van der Waals surface area contributed by atoms with Gasteiger partial charge in [-0.05, 0) is 67.1 Å². The highest BCUT2D eigenvalue weighted by atomic mass is 32.2. The molecule has 0 radical (unpaired) electrons. The van der Waals surface area contributed by atoms with E-state index >= 15 is 0 Å². The predicted octanol–water partition coefficient (Wildman–Crippen LogP) is 5.56. The van der Waals surface area contributed by atoms with Crippen LogP contribution >= 0.6 is 0 Å². The van der Waals surface area contributed by atoms with Gasteiger partial charge in [-0.25, -0.2) is 18.1 Å². The lowest BCUT2D eigenvalue weighted by molar-refractivity contribution is 0.104. The lowest BCUT2D eigenvalue weighted by atomic mass is 9.80. The number of aromatic nitrogens is 2. The molecule has 200 valence electrons. The van der Waals surface area contributed by atoms with Crippen molar-refractivity contribution in [2.75, 3.05) is 24.4 Å². The number of likely N-dealkylation sites (tertiary alicyclic amines) is 1. The van der Waals surface area contributed by atoms with Crippen LogP contribution in [0.3, 0.4) is 0 Å². The summed E-state index contributed by atoms with van der Waals surface area (Å²) in [5.74, 6) is 0.700. The number of nitrogens with one attached hydrogen (secondary N) is 1. The summed E-state index contributed by atoms with van der Waals surface area (Å²) in [7, 11) is -3.90. The zero-order valence-electron chi connectivity index (χ0n) is 22.2. The molecule has 2 atom stereocenters. The molecule has 3 heterocycles. The Balaban J connectivity index is 1.40. The molecule has 0 amide bonds. The highest BCUT2D eigenvalue weighted by Gasteiger charge is 2.32. The molecule has 39 heavy (non-hydrogen) atoms. The smallest absolute Gasteiger partial charge is 0.264 e. The molecule has 0 spiro atoms. The fourth-order valence-electron chi connectivity index (χ4n) is 5.88. The Morgan fingerprint density at radius 1 is 0.949 bits per heavy atom. The summed E-state index contributed by atoms with van der Waals surface area (Å²) >= 11 is 0. The number of hydrogen-bond acceptors (Lipinski definition) is 6. The third kappa shape index (κ3) is 5.40. The van der Waals surface area contributed by atoms with Crippen molar-refractivity contribution >= 4 is 16.0 Å². The van der Waals surface area contributed by atoms with Crippen molar-refractivity contribution in [2.45, 2.75) is 37.6 Å². The summed E-state index contributed by atoms with van der Waals surface area (Å²) in [6, 6.07) is 25.6. The molecule has 1 aromatic heterocycles. The van der Waals surface area contributed by atoms with Gasteiger partial charge < -0.3 is 4.74 Å². The van der Waals surface area contributed by atoms with Crippen molar-refractivity contribution in [1.82, 2.24) is 14.9 Å². The van der Waals surface area contributed by atoms with Crippen LogP contribution in [0.5, 0.6) is 5.88 Å². The molecule has 2 aliphatic heterocycles. The van der Waals surface area contributed by atoms with Crippen molar-refractivity contribution in [1.29, 1.82) is 0 Å². The monoisotopic (exact) mass is 540 g/mol. The van der Waals surface area contributed by atoms with E-state index in [1.54, 1.807) is 12.1 Å². The van der Waals surface area contributed by atoms with Gasteiger partial charge in [0.25, 0.3) is 10.0 Å². The molecule has 3 aromatic carbocycles. The molecule has 1 fully saturated rings. The van der Waals surface area contributed by atoms with Gasteiger partial charge in [0.05, 0.1) is 17.2 Å². The topological polar surface area (TPSA) is 84.4 Å². The lowest BCUT2D eigenvalue weighted by Gasteiger charge is -2.39. The number of piperidine rings is 1.